The van der Waals surface area contributed by atoms with Crippen LogP contribution in [0.3, 0.4) is 0 Å². The number of aliphatic hydroxyl groups excluding tert-OH is 2. The number of amides is 1. The fourth-order valence-corrected chi connectivity index (χ4v) is 6.56. The lowest BCUT2D eigenvalue weighted by molar-refractivity contribution is -0.148. The Labute approximate surface area is 227 Å². The number of ketones is 2. The fourth-order valence-electron chi connectivity index (χ4n) is 6.56. The van der Waals surface area contributed by atoms with Crippen molar-refractivity contribution in [3.05, 3.63) is 45.4 Å². The van der Waals surface area contributed by atoms with Gasteiger partial charge < -0.3 is 31.1 Å². The van der Waals surface area contributed by atoms with Crippen LogP contribution >= 0.6 is 0 Å². The number of hydrogen-bond acceptors (Lipinski definition) is 10. The Morgan fingerprint density at radius 3 is 2.23 bits per heavy atom. The number of aromatic hydroxyl groups is 1. The van der Waals surface area contributed by atoms with Crippen molar-refractivity contribution in [3.8, 4) is 5.75 Å². The minimum Gasteiger partial charge on any atom is -0.510 e. The number of phenolic OH excluding ortho intramolecular Hbond substituents is 1. The van der Waals surface area contributed by atoms with Gasteiger partial charge in [-0.2, -0.15) is 0 Å². The molecule has 0 fully saturated rings. The molecule has 0 heterocycles. The largest absolute Gasteiger partial charge is 0.510 e. The number of phenols is 1. The lowest BCUT2D eigenvalue weighted by Crippen LogP contribution is -2.63. The molecular formula is C28H38N4O7. The second-order valence-corrected chi connectivity index (χ2v) is 11.1. The molecule has 4 rings (SSSR count). The van der Waals surface area contributed by atoms with Crippen LogP contribution in [0.15, 0.2) is 28.7 Å². The van der Waals surface area contributed by atoms with Crippen molar-refractivity contribution in [2.24, 2.45) is 17.6 Å². The van der Waals surface area contributed by atoms with Gasteiger partial charge in [0.25, 0.3) is 5.91 Å². The topological polar surface area (TPSA) is 168 Å². The number of carbonyl (C=O) groups is 3. The standard InChI is InChI=1S/C28H38N4O7/c1-7-32(8-2)12-14-11-17(30(3)4)15-9-13-10-16-21(31(5)6)24(35)20(27(29)38)26(37)28(16,39)25(36)18(13)23(34)19(15)22(14)33/h11,13,16,21,33,35-36,39H,7-10,12H2,1-6H3,(H2,29,38)/t13-,16-,21?,28-/m0/s1. The third-order valence-electron chi connectivity index (χ3n) is 8.55. The third kappa shape index (κ3) is 4.11. The molecule has 11 nitrogen and oxygen atoms in total. The van der Waals surface area contributed by atoms with E-state index in [0.29, 0.717) is 17.7 Å². The molecule has 3 aliphatic rings. The first-order chi connectivity index (χ1) is 18.2. The summed E-state index contributed by atoms with van der Waals surface area (Å²) in [6.07, 6.45) is 0.307. The van der Waals surface area contributed by atoms with Gasteiger partial charge in [0.15, 0.2) is 11.4 Å². The second kappa shape index (κ2) is 9.96. The van der Waals surface area contributed by atoms with Crippen molar-refractivity contribution in [2.75, 3.05) is 46.2 Å². The summed E-state index contributed by atoms with van der Waals surface area (Å²) in [5.41, 5.74) is 3.71. The number of hydrogen-bond donors (Lipinski definition) is 5. The van der Waals surface area contributed by atoms with Gasteiger partial charge >= 0.3 is 0 Å². The van der Waals surface area contributed by atoms with Crippen molar-refractivity contribution in [1.29, 1.82) is 0 Å². The molecule has 1 unspecified atom stereocenters. The maximum Gasteiger partial charge on any atom is 0.255 e. The Balaban J connectivity index is 1.95. The molecule has 0 saturated carbocycles. The first kappa shape index (κ1) is 28.6. The molecule has 4 atom stereocenters. The van der Waals surface area contributed by atoms with E-state index in [-0.39, 0.29) is 29.7 Å². The van der Waals surface area contributed by atoms with Crippen LogP contribution in [-0.2, 0) is 22.6 Å². The quantitative estimate of drug-likeness (QED) is 0.314. The summed E-state index contributed by atoms with van der Waals surface area (Å²) >= 11 is 0. The van der Waals surface area contributed by atoms with Gasteiger partial charge in [-0.3, -0.25) is 24.2 Å². The molecule has 11 heteroatoms. The number of rotatable bonds is 7. The summed E-state index contributed by atoms with van der Waals surface area (Å²) in [5, 5.41) is 45.5. The minimum absolute atomic E-state index is 0.0316. The van der Waals surface area contributed by atoms with Crippen molar-refractivity contribution in [2.45, 2.75) is 44.9 Å². The third-order valence-corrected chi connectivity index (χ3v) is 8.55. The summed E-state index contributed by atoms with van der Waals surface area (Å²) in [5.74, 6) is -6.47. The van der Waals surface area contributed by atoms with Crippen LogP contribution in [0, 0.1) is 11.8 Å². The summed E-state index contributed by atoms with van der Waals surface area (Å²) in [7, 11) is 6.90. The van der Waals surface area contributed by atoms with E-state index < -0.39 is 58.0 Å². The van der Waals surface area contributed by atoms with Gasteiger partial charge in [0.05, 0.1) is 11.6 Å². The number of anilines is 1. The molecule has 0 radical (unpaired) electrons. The van der Waals surface area contributed by atoms with Crippen LogP contribution in [0.4, 0.5) is 5.69 Å². The van der Waals surface area contributed by atoms with E-state index in [2.05, 4.69) is 4.90 Å². The number of allylic oxidation sites excluding steroid dienone is 1. The Bertz CT molecular complexity index is 1310. The predicted molar refractivity (Wildman–Crippen MR) is 145 cm³/mol. The van der Waals surface area contributed by atoms with E-state index in [1.54, 1.807) is 14.1 Å². The fraction of sp³-hybridized carbons (Fsp3) is 0.536. The van der Waals surface area contributed by atoms with Crippen LogP contribution in [0.5, 0.6) is 5.75 Å². The summed E-state index contributed by atoms with van der Waals surface area (Å²) < 4.78 is 0. The first-order valence-corrected chi connectivity index (χ1v) is 13.1. The SMILES string of the molecule is CCN(CC)Cc1cc(N(C)C)c2c(c1O)C(=O)C1=C(O)[C@]3(O)C(=O)C(C(N)=O)=C(O)C(N(C)C)[C@@H]3C[C@@H]1C2. The summed E-state index contributed by atoms with van der Waals surface area (Å²) in [6, 6.07) is 0.849. The van der Waals surface area contributed by atoms with Gasteiger partial charge in [-0.25, -0.2) is 0 Å². The van der Waals surface area contributed by atoms with Crippen molar-refractivity contribution in [1.82, 2.24) is 9.80 Å². The van der Waals surface area contributed by atoms with E-state index in [4.69, 9.17) is 5.73 Å². The number of Topliss-reactive ketones (excluding diaryl/α,β-unsaturated/α-hetero) is 2. The highest BCUT2D eigenvalue weighted by molar-refractivity contribution is 6.24. The van der Waals surface area contributed by atoms with Crippen molar-refractivity contribution >= 4 is 23.2 Å². The number of fused-ring (bicyclic) bond motifs is 3. The van der Waals surface area contributed by atoms with E-state index >= 15 is 0 Å². The lowest BCUT2D eigenvalue weighted by Gasteiger charge is -2.50. The smallest absolute Gasteiger partial charge is 0.255 e. The molecule has 0 spiro atoms. The molecule has 0 aromatic heterocycles. The Morgan fingerprint density at radius 2 is 1.72 bits per heavy atom. The highest BCUT2D eigenvalue weighted by Crippen LogP contribution is 2.53. The average molecular weight is 543 g/mol. The van der Waals surface area contributed by atoms with Crippen molar-refractivity contribution in [3.63, 3.8) is 0 Å². The molecule has 0 bridgehead atoms. The monoisotopic (exact) mass is 542 g/mol. The summed E-state index contributed by atoms with van der Waals surface area (Å²) in [4.78, 5) is 45.1. The summed E-state index contributed by atoms with van der Waals surface area (Å²) in [6.45, 7) is 5.86. The van der Waals surface area contributed by atoms with Crippen LogP contribution in [0.25, 0.3) is 0 Å². The van der Waals surface area contributed by atoms with Gasteiger partial charge in [0.1, 0.15) is 22.8 Å². The highest BCUT2D eigenvalue weighted by Gasteiger charge is 2.63. The van der Waals surface area contributed by atoms with Gasteiger partial charge in [0, 0.05) is 43.4 Å². The molecule has 0 saturated heterocycles. The number of carbonyl (C=O) groups excluding carboxylic acids is 3. The first-order valence-electron chi connectivity index (χ1n) is 13.1. The van der Waals surface area contributed by atoms with Crippen LogP contribution in [0.1, 0.15) is 41.8 Å². The van der Waals surface area contributed by atoms with Crippen LogP contribution in [0.2, 0.25) is 0 Å². The molecule has 39 heavy (non-hydrogen) atoms. The zero-order valence-corrected chi connectivity index (χ0v) is 23.3. The number of aliphatic hydroxyl groups is 3. The highest BCUT2D eigenvalue weighted by atomic mass is 16.3. The second-order valence-electron chi connectivity index (χ2n) is 11.1. The van der Waals surface area contributed by atoms with Gasteiger partial charge in [-0.1, -0.05) is 13.8 Å². The predicted octanol–water partition coefficient (Wildman–Crippen LogP) is 1.03. The van der Waals surface area contributed by atoms with E-state index in [0.717, 1.165) is 18.8 Å². The lowest BCUT2D eigenvalue weighted by atomic mass is 9.58. The number of primary amides is 1. The zero-order chi connectivity index (χ0) is 29.1. The minimum atomic E-state index is -2.65. The molecule has 1 amide bonds. The molecule has 3 aliphatic carbocycles. The number of nitrogens with two attached hydrogens (primary N) is 1. The molecule has 1 aromatic carbocycles. The average Bonchev–Trinajstić information content (AvgIpc) is 2.85. The van der Waals surface area contributed by atoms with Crippen LogP contribution < -0.4 is 10.6 Å². The maximum absolute atomic E-state index is 14.1. The maximum atomic E-state index is 14.1. The molecule has 0 aliphatic heterocycles. The van der Waals surface area contributed by atoms with Gasteiger partial charge in [0.2, 0.25) is 5.78 Å². The Kier molecular flexibility index (Phi) is 7.30. The van der Waals surface area contributed by atoms with Crippen LogP contribution in [-0.4, -0.2) is 101 Å². The molecule has 6 N–H and O–H groups in total. The number of likely N-dealkylation sites (N-methyl/N-ethyl adjacent to an activating group) is 1. The Morgan fingerprint density at radius 1 is 1.10 bits per heavy atom. The molecule has 212 valence electrons. The zero-order valence-electron chi connectivity index (χ0n) is 23.3. The molecular weight excluding hydrogens is 504 g/mol. The Hall–Kier alpha value is -3.41. The normalized spacial score (nSPS) is 26.6. The molecule has 1 aromatic rings. The van der Waals surface area contributed by atoms with Crippen molar-refractivity contribution < 1.29 is 34.8 Å². The van der Waals surface area contributed by atoms with Gasteiger partial charge in [-0.05, 0) is 57.6 Å². The van der Waals surface area contributed by atoms with E-state index in [1.807, 2.05) is 38.9 Å². The van der Waals surface area contributed by atoms with E-state index in [9.17, 15) is 34.8 Å². The van der Waals surface area contributed by atoms with E-state index in [1.165, 1.54) is 4.90 Å². The number of nitrogens with zero attached hydrogens (tertiary/aromatic N) is 3. The van der Waals surface area contributed by atoms with Gasteiger partial charge in [-0.15, -0.1) is 0 Å². The number of benzene rings is 1.